The number of halogens is 2. The van der Waals surface area contributed by atoms with Gasteiger partial charge in [0.15, 0.2) is 0 Å². The third kappa shape index (κ3) is 5.93. The summed E-state index contributed by atoms with van der Waals surface area (Å²) in [5.41, 5.74) is 1.38. The first-order chi connectivity index (χ1) is 12.4. The van der Waals surface area contributed by atoms with Crippen LogP contribution >= 0.6 is 23.2 Å². The van der Waals surface area contributed by atoms with E-state index in [0.717, 1.165) is 11.3 Å². The van der Waals surface area contributed by atoms with Crippen molar-refractivity contribution in [2.45, 2.75) is 13.3 Å². The minimum absolute atomic E-state index is 0.0594. The Morgan fingerprint density at radius 2 is 1.77 bits per heavy atom. The lowest BCUT2D eigenvalue weighted by Crippen LogP contribution is -2.35. The van der Waals surface area contributed by atoms with Crippen molar-refractivity contribution in [3.05, 3.63) is 58.1 Å². The number of amides is 2. The van der Waals surface area contributed by atoms with Crippen LogP contribution in [0.3, 0.4) is 0 Å². The Morgan fingerprint density at radius 3 is 2.38 bits per heavy atom. The van der Waals surface area contributed by atoms with E-state index in [1.165, 1.54) is 4.90 Å². The maximum atomic E-state index is 12.3. The van der Waals surface area contributed by atoms with Crippen molar-refractivity contribution in [1.29, 1.82) is 0 Å². The number of carbonyl (C=O) groups excluding carboxylic acids is 2. The topological polar surface area (TPSA) is 58.6 Å². The maximum Gasteiger partial charge on any atom is 0.243 e. The molecule has 0 saturated carbocycles. The van der Waals surface area contributed by atoms with Gasteiger partial charge in [0.2, 0.25) is 11.8 Å². The summed E-state index contributed by atoms with van der Waals surface area (Å²) in [7, 11) is 1.59. The van der Waals surface area contributed by atoms with Crippen LogP contribution in [-0.4, -0.2) is 36.9 Å². The summed E-state index contributed by atoms with van der Waals surface area (Å²) < 4.78 is 5.37. The molecule has 2 amide bonds. The van der Waals surface area contributed by atoms with Crippen molar-refractivity contribution in [3.8, 4) is 5.75 Å². The van der Waals surface area contributed by atoms with Gasteiger partial charge in [-0.1, -0.05) is 35.3 Å². The number of rotatable bonds is 7. The van der Waals surface area contributed by atoms with E-state index in [1.807, 2.05) is 31.2 Å². The van der Waals surface area contributed by atoms with Crippen LogP contribution in [0.2, 0.25) is 10.0 Å². The Balaban J connectivity index is 1.87. The zero-order chi connectivity index (χ0) is 19.1. The van der Waals surface area contributed by atoms with Gasteiger partial charge in [0, 0.05) is 12.7 Å². The van der Waals surface area contributed by atoms with Crippen molar-refractivity contribution in [3.63, 3.8) is 0 Å². The molecular formula is C19H20Cl2N2O3. The van der Waals surface area contributed by atoms with E-state index in [0.29, 0.717) is 22.3 Å². The molecule has 0 unspecified atom stereocenters. The molecule has 2 aromatic rings. The summed E-state index contributed by atoms with van der Waals surface area (Å²) in [5.74, 6) is 0.294. The molecule has 0 aliphatic heterocycles. The van der Waals surface area contributed by atoms with Gasteiger partial charge in [0.05, 0.1) is 29.6 Å². The van der Waals surface area contributed by atoms with Crippen LogP contribution in [0.1, 0.15) is 12.5 Å². The summed E-state index contributed by atoms with van der Waals surface area (Å²) in [6, 6.07) is 12.1. The van der Waals surface area contributed by atoms with Crippen molar-refractivity contribution in [1.82, 2.24) is 4.90 Å². The largest absolute Gasteiger partial charge is 0.494 e. The highest BCUT2D eigenvalue weighted by molar-refractivity contribution is 6.42. The minimum Gasteiger partial charge on any atom is -0.494 e. The lowest BCUT2D eigenvalue weighted by atomic mass is 10.1. The highest BCUT2D eigenvalue weighted by Gasteiger charge is 2.14. The lowest BCUT2D eigenvalue weighted by Gasteiger charge is -2.17. The van der Waals surface area contributed by atoms with E-state index in [9.17, 15) is 9.59 Å². The summed E-state index contributed by atoms with van der Waals surface area (Å²) >= 11 is 11.8. The van der Waals surface area contributed by atoms with Crippen LogP contribution in [0, 0.1) is 0 Å². The standard InChI is InChI=1S/C19H20Cl2N2O3/c1-3-26-15-7-4-13(5-8-15)10-19(25)23(2)12-18(24)22-14-6-9-16(20)17(21)11-14/h4-9,11H,3,10,12H2,1-2H3,(H,22,24). The normalized spacial score (nSPS) is 10.3. The highest BCUT2D eigenvalue weighted by Crippen LogP contribution is 2.24. The number of hydrogen-bond acceptors (Lipinski definition) is 3. The summed E-state index contributed by atoms with van der Waals surface area (Å²) in [6.07, 6.45) is 0.211. The molecule has 0 aromatic heterocycles. The SMILES string of the molecule is CCOc1ccc(CC(=O)N(C)CC(=O)Nc2ccc(Cl)c(Cl)c2)cc1. The molecule has 2 rings (SSSR count). The molecular weight excluding hydrogens is 375 g/mol. The van der Waals surface area contributed by atoms with Gasteiger partial charge in [-0.05, 0) is 42.8 Å². The number of benzene rings is 2. The molecule has 0 atom stereocenters. The number of anilines is 1. The molecule has 0 fully saturated rings. The Hall–Kier alpha value is -2.24. The molecule has 0 saturated heterocycles. The van der Waals surface area contributed by atoms with Gasteiger partial charge in [-0.3, -0.25) is 9.59 Å². The van der Waals surface area contributed by atoms with Crippen LogP contribution in [-0.2, 0) is 16.0 Å². The van der Waals surface area contributed by atoms with E-state index in [2.05, 4.69) is 5.32 Å². The van der Waals surface area contributed by atoms with Gasteiger partial charge in [0.1, 0.15) is 5.75 Å². The fourth-order valence-corrected chi connectivity index (χ4v) is 2.56. The zero-order valence-corrected chi connectivity index (χ0v) is 16.1. The smallest absolute Gasteiger partial charge is 0.243 e. The molecule has 0 spiro atoms. The molecule has 138 valence electrons. The molecule has 0 radical (unpaired) electrons. The van der Waals surface area contributed by atoms with Crippen molar-refractivity contribution < 1.29 is 14.3 Å². The molecule has 7 heteroatoms. The molecule has 0 aliphatic rings. The Bertz CT molecular complexity index is 779. The van der Waals surface area contributed by atoms with Gasteiger partial charge in [-0.2, -0.15) is 0 Å². The monoisotopic (exact) mass is 394 g/mol. The van der Waals surface area contributed by atoms with E-state index >= 15 is 0 Å². The predicted octanol–water partition coefficient (Wildman–Crippen LogP) is 4.03. The van der Waals surface area contributed by atoms with Crippen LogP contribution in [0.5, 0.6) is 5.75 Å². The number of likely N-dealkylation sites (N-methyl/N-ethyl adjacent to an activating group) is 1. The van der Waals surface area contributed by atoms with Gasteiger partial charge in [-0.25, -0.2) is 0 Å². The first kappa shape index (κ1) is 20.1. The van der Waals surface area contributed by atoms with Gasteiger partial charge >= 0.3 is 0 Å². The van der Waals surface area contributed by atoms with Gasteiger partial charge in [0.25, 0.3) is 0 Å². The second kappa shape index (κ2) is 9.46. The third-order valence-corrected chi connectivity index (χ3v) is 4.34. The molecule has 5 nitrogen and oxygen atoms in total. The summed E-state index contributed by atoms with van der Waals surface area (Å²) in [5, 5.41) is 3.45. The second-order valence-corrected chi connectivity index (χ2v) is 6.50. The highest BCUT2D eigenvalue weighted by atomic mass is 35.5. The van der Waals surface area contributed by atoms with Crippen molar-refractivity contribution in [2.75, 3.05) is 25.5 Å². The van der Waals surface area contributed by atoms with E-state index in [1.54, 1.807) is 25.2 Å². The average molecular weight is 395 g/mol. The van der Waals surface area contributed by atoms with Crippen molar-refractivity contribution >= 4 is 40.7 Å². The lowest BCUT2D eigenvalue weighted by molar-refractivity contribution is -0.132. The van der Waals surface area contributed by atoms with E-state index in [-0.39, 0.29) is 24.8 Å². The average Bonchev–Trinajstić information content (AvgIpc) is 2.60. The molecule has 1 N–H and O–H groups in total. The maximum absolute atomic E-state index is 12.3. The number of carbonyl (C=O) groups is 2. The number of ether oxygens (including phenoxy) is 1. The van der Waals surface area contributed by atoms with Crippen LogP contribution in [0.15, 0.2) is 42.5 Å². The van der Waals surface area contributed by atoms with E-state index < -0.39 is 0 Å². The molecule has 26 heavy (non-hydrogen) atoms. The summed E-state index contributed by atoms with van der Waals surface area (Å²) in [6.45, 7) is 2.44. The number of hydrogen-bond donors (Lipinski definition) is 1. The zero-order valence-electron chi connectivity index (χ0n) is 14.6. The van der Waals surface area contributed by atoms with Gasteiger partial charge < -0.3 is 15.0 Å². The molecule has 0 aliphatic carbocycles. The Labute approximate surface area is 162 Å². The van der Waals surface area contributed by atoms with Crippen LogP contribution < -0.4 is 10.1 Å². The van der Waals surface area contributed by atoms with Crippen molar-refractivity contribution in [2.24, 2.45) is 0 Å². The number of nitrogens with zero attached hydrogens (tertiary/aromatic N) is 1. The number of nitrogens with one attached hydrogen (secondary N) is 1. The molecule has 0 bridgehead atoms. The Morgan fingerprint density at radius 1 is 1.08 bits per heavy atom. The van der Waals surface area contributed by atoms with E-state index in [4.69, 9.17) is 27.9 Å². The molecule has 0 heterocycles. The molecule has 2 aromatic carbocycles. The van der Waals surface area contributed by atoms with Crippen LogP contribution in [0.25, 0.3) is 0 Å². The van der Waals surface area contributed by atoms with Gasteiger partial charge in [-0.15, -0.1) is 0 Å². The predicted molar refractivity (Wildman–Crippen MR) is 104 cm³/mol. The third-order valence-electron chi connectivity index (χ3n) is 3.60. The fourth-order valence-electron chi connectivity index (χ4n) is 2.26. The first-order valence-electron chi connectivity index (χ1n) is 8.09. The Kier molecular flexibility index (Phi) is 7.30. The first-order valence-corrected chi connectivity index (χ1v) is 8.85. The van der Waals surface area contributed by atoms with Crippen LogP contribution in [0.4, 0.5) is 5.69 Å². The minimum atomic E-state index is -0.314. The quantitative estimate of drug-likeness (QED) is 0.770. The summed E-state index contributed by atoms with van der Waals surface area (Å²) in [4.78, 5) is 25.8. The second-order valence-electron chi connectivity index (χ2n) is 5.68. The fraction of sp³-hybridized carbons (Fsp3) is 0.263.